The van der Waals surface area contributed by atoms with Crippen LogP contribution in [0.4, 0.5) is 0 Å². The topological polar surface area (TPSA) is 93.1 Å². The van der Waals surface area contributed by atoms with E-state index < -0.39 is 30.0 Å². The van der Waals surface area contributed by atoms with E-state index >= 15 is 0 Å². The average molecular weight is 592 g/mol. The van der Waals surface area contributed by atoms with Crippen LogP contribution in [0.2, 0.25) is 10.0 Å². The molecule has 0 saturated heterocycles. The third kappa shape index (κ3) is 6.84. The van der Waals surface area contributed by atoms with Crippen LogP contribution in [0.25, 0.3) is 0 Å². The molecule has 0 spiro atoms. The Morgan fingerprint density at radius 1 is 0.875 bits per heavy atom. The first kappa shape index (κ1) is 30.8. The molecule has 0 bridgehead atoms. The maximum Gasteiger partial charge on any atom is 0.180 e. The fraction of sp³-hybridized carbons (Fsp3) is 0.562. The molecule has 0 radical (unpaired) electrons. The molecule has 218 valence electrons. The van der Waals surface area contributed by atoms with Crippen LogP contribution >= 0.6 is 23.2 Å². The quantitative estimate of drug-likeness (QED) is 0.351. The van der Waals surface area contributed by atoms with Crippen molar-refractivity contribution in [1.29, 1.82) is 0 Å². The number of hydrogen-bond donors (Lipinski definition) is 2. The first-order valence-corrected chi connectivity index (χ1v) is 14.7. The number of rotatable bonds is 8. The van der Waals surface area contributed by atoms with E-state index in [4.69, 9.17) is 32.7 Å². The van der Waals surface area contributed by atoms with Crippen LogP contribution in [-0.2, 0) is 16.2 Å². The second kappa shape index (κ2) is 12.0. The standard InChI is InChI=1S/C32H40Cl2O6/c1-6-39-26-12-19(11-21(34)30(26)40-17-18-7-9-20(33)10-8-18)27(28-22(35)13-31(2,3)14-23(28)36)29-24(37)15-32(4,5)16-25(29)38/h7-12,22,24,27-29,35,37H,6,13-17H2,1-5H3/t22-,24-,28-,29-/m0/s1. The first-order valence-electron chi connectivity index (χ1n) is 14.0. The highest BCUT2D eigenvalue weighted by atomic mass is 35.5. The molecule has 0 amide bonds. The molecule has 8 heteroatoms. The number of aliphatic hydroxyl groups is 2. The lowest BCUT2D eigenvalue weighted by Gasteiger charge is -2.46. The fourth-order valence-electron chi connectivity index (χ4n) is 6.58. The van der Waals surface area contributed by atoms with Crippen molar-refractivity contribution in [2.24, 2.45) is 22.7 Å². The normalized spacial score (nSPS) is 26.1. The second-order valence-electron chi connectivity index (χ2n) is 12.9. The van der Waals surface area contributed by atoms with Crippen LogP contribution in [0.5, 0.6) is 11.5 Å². The Bertz CT molecular complexity index is 1200. The third-order valence-electron chi connectivity index (χ3n) is 8.19. The minimum atomic E-state index is -0.966. The number of hydrogen-bond acceptors (Lipinski definition) is 6. The van der Waals surface area contributed by atoms with Gasteiger partial charge in [0.1, 0.15) is 18.2 Å². The van der Waals surface area contributed by atoms with Gasteiger partial charge in [0.2, 0.25) is 0 Å². The zero-order valence-electron chi connectivity index (χ0n) is 23.9. The van der Waals surface area contributed by atoms with Crippen LogP contribution in [0, 0.1) is 22.7 Å². The van der Waals surface area contributed by atoms with E-state index in [1.165, 1.54) is 0 Å². The Labute approximate surface area is 247 Å². The molecule has 2 aliphatic rings. The molecule has 2 aromatic rings. The van der Waals surface area contributed by atoms with Crippen molar-refractivity contribution in [3.05, 3.63) is 57.6 Å². The van der Waals surface area contributed by atoms with Gasteiger partial charge in [-0.05, 0) is 66.0 Å². The highest BCUT2D eigenvalue weighted by Crippen LogP contribution is 2.51. The number of carbonyl (C=O) groups excluding carboxylic acids is 2. The molecule has 40 heavy (non-hydrogen) atoms. The van der Waals surface area contributed by atoms with Crippen LogP contribution < -0.4 is 9.47 Å². The van der Waals surface area contributed by atoms with Crippen LogP contribution in [0.1, 0.15) is 77.3 Å². The van der Waals surface area contributed by atoms with E-state index in [1.54, 1.807) is 24.3 Å². The highest BCUT2D eigenvalue weighted by molar-refractivity contribution is 6.32. The van der Waals surface area contributed by atoms with Gasteiger partial charge >= 0.3 is 0 Å². The Balaban J connectivity index is 1.77. The third-order valence-corrected chi connectivity index (χ3v) is 8.72. The number of ether oxygens (including phenoxy) is 2. The smallest absolute Gasteiger partial charge is 0.180 e. The largest absolute Gasteiger partial charge is 0.490 e. The molecule has 2 fully saturated rings. The van der Waals surface area contributed by atoms with Gasteiger partial charge in [-0.3, -0.25) is 9.59 Å². The maximum atomic E-state index is 13.6. The van der Waals surface area contributed by atoms with Crippen LogP contribution in [0.15, 0.2) is 36.4 Å². The molecule has 2 saturated carbocycles. The summed E-state index contributed by atoms with van der Waals surface area (Å²) in [6.45, 7) is 10.2. The number of carbonyl (C=O) groups is 2. The minimum absolute atomic E-state index is 0.115. The van der Waals surface area contributed by atoms with Gasteiger partial charge in [-0.15, -0.1) is 0 Å². The molecule has 2 N–H and O–H groups in total. The Kier molecular flexibility index (Phi) is 9.26. The van der Waals surface area contributed by atoms with Crippen molar-refractivity contribution in [1.82, 2.24) is 0 Å². The Morgan fingerprint density at radius 3 is 1.88 bits per heavy atom. The van der Waals surface area contributed by atoms with Gasteiger partial charge < -0.3 is 19.7 Å². The number of Topliss-reactive ketones (excluding diaryl/α,β-unsaturated/α-hetero) is 2. The van der Waals surface area contributed by atoms with Gasteiger partial charge in [0, 0.05) is 23.8 Å². The van der Waals surface area contributed by atoms with Crippen molar-refractivity contribution >= 4 is 34.8 Å². The maximum absolute atomic E-state index is 13.6. The molecule has 0 unspecified atom stereocenters. The average Bonchev–Trinajstić information content (AvgIpc) is 2.81. The molecule has 4 rings (SSSR count). The summed E-state index contributed by atoms with van der Waals surface area (Å²) in [6.07, 6.45) is -0.546. The van der Waals surface area contributed by atoms with E-state index in [-0.39, 0.29) is 46.9 Å². The van der Waals surface area contributed by atoms with E-state index in [9.17, 15) is 19.8 Å². The summed E-state index contributed by atoms with van der Waals surface area (Å²) >= 11 is 12.8. The zero-order chi connectivity index (χ0) is 29.4. The molecule has 0 aliphatic heterocycles. The summed E-state index contributed by atoms with van der Waals surface area (Å²) in [5.74, 6) is -1.99. The van der Waals surface area contributed by atoms with Gasteiger partial charge in [0.15, 0.2) is 11.5 Å². The summed E-state index contributed by atoms with van der Waals surface area (Å²) in [6, 6.07) is 10.7. The number of halogens is 2. The van der Waals surface area contributed by atoms with Gasteiger partial charge in [-0.2, -0.15) is 0 Å². The Morgan fingerprint density at radius 2 is 1.40 bits per heavy atom. The predicted molar refractivity (Wildman–Crippen MR) is 156 cm³/mol. The Hall–Kier alpha value is -2.12. The van der Waals surface area contributed by atoms with Crippen molar-refractivity contribution in [2.45, 2.75) is 85.0 Å². The molecular weight excluding hydrogens is 551 g/mol. The van der Waals surface area contributed by atoms with Crippen molar-refractivity contribution in [2.75, 3.05) is 6.61 Å². The first-order chi connectivity index (χ1) is 18.7. The van der Waals surface area contributed by atoms with E-state index in [0.717, 1.165) is 5.56 Å². The van der Waals surface area contributed by atoms with Gasteiger partial charge in [-0.1, -0.05) is 63.0 Å². The molecule has 0 aromatic heterocycles. The summed E-state index contributed by atoms with van der Waals surface area (Å²) in [4.78, 5) is 27.2. The lowest BCUT2D eigenvalue weighted by atomic mass is 9.58. The van der Waals surface area contributed by atoms with E-state index in [2.05, 4.69) is 0 Å². The highest BCUT2D eigenvalue weighted by Gasteiger charge is 2.52. The van der Waals surface area contributed by atoms with Crippen molar-refractivity contribution in [3.8, 4) is 11.5 Å². The molecule has 6 nitrogen and oxygen atoms in total. The monoisotopic (exact) mass is 590 g/mol. The molecule has 4 atom stereocenters. The van der Waals surface area contributed by atoms with Crippen LogP contribution in [0.3, 0.4) is 0 Å². The predicted octanol–water partition coefficient (Wildman–Crippen LogP) is 6.79. The van der Waals surface area contributed by atoms with E-state index in [0.29, 0.717) is 41.5 Å². The van der Waals surface area contributed by atoms with E-state index in [1.807, 2.05) is 46.8 Å². The molecule has 2 aromatic carbocycles. The van der Waals surface area contributed by atoms with Crippen molar-refractivity contribution < 1.29 is 29.3 Å². The zero-order valence-corrected chi connectivity index (χ0v) is 25.4. The number of ketones is 2. The molecular formula is C32H40Cl2O6. The summed E-state index contributed by atoms with van der Waals surface area (Å²) in [5.41, 5.74) is 0.744. The summed E-state index contributed by atoms with van der Waals surface area (Å²) in [5, 5.41) is 23.5. The lowest BCUT2D eigenvalue weighted by molar-refractivity contribution is -0.144. The van der Waals surface area contributed by atoms with Crippen molar-refractivity contribution in [3.63, 3.8) is 0 Å². The lowest BCUT2D eigenvalue weighted by Crippen LogP contribution is -2.51. The van der Waals surface area contributed by atoms with Gasteiger partial charge in [0.05, 0.1) is 35.7 Å². The molecule has 2 aliphatic carbocycles. The SMILES string of the molecule is CCOc1cc(C([C@@H]2C(=O)CC(C)(C)C[C@@H]2O)[C@@H]2C(=O)CC(C)(C)C[C@@H]2O)cc(Cl)c1OCc1ccc(Cl)cc1. The summed E-state index contributed by atoms with van der Waals surface area (Å²) < 4.78 is 12.0. The minimum Gasteiger partial charge on any atom is -0.490 e. The van der Waals surface area contributed by atoms with Crippen LogP contribution in [-0.4, -0.2) is 40.6 Å². The second-order valence-corrected chi connectivity index (χ2v) is 13.8. The van der Waals surface area contributed by atoms with Gasteiger partial charge in [0.25, 0.3) is 0 Å². The number of aliphatic hydroxyl groups excluding tert-OH is 2. The number of benzene rings is 2. The fourth-order valence-corrected chi connectivity index (χ4v) is 6.98. The van der Waals surface area contributed by atoms with Gasteiger partial charge in [-0.25, -0.2) is 0 Å². The molecule has 0 heterocycles. The summed E-state index contributed by atoms with van der Waals surface area (Å²) in [7, 11) is 0.